The Labute approximate surface area is 132 Å². The lowest BCUT2D eigenvalue weighted by molar-refractivity contribution is 0.0767. The Kier molecular flexibility index (Phi) is 4.64. The number of amides is 2. The third kappa shape index (κ3) is 3.25. The standard InChI is InChI=1S/C16H27N5O/c1-13-5-3-6-14(2)21(13)16(22)19-8-4-7-15(9-19)10-20-12-17-11-18-20/h11-15H,3-10H2,1-2H3/t13-,14+,15-/m0/s1. The lowest BCUT2D eigenvalue weighted by Crippen LogP contribution is -2.55. The molecule has 1 aromatic rings. The van der Waals surface area contributed by atoms with Crippen LogP contribution in [0.15, 0.2) is 12.7 Å². The first-order chi connectivity index (χ1) is 10.6. The molecule has 0 aliphatic carbocycles. The van der Waals surface area contributed by atoms with Crippen molar-refractivity contribution >= 4 is 6.03 Å². The van der Waals surface area contributed by atoms with Crippen LogP contribution in [-0.4, -0.2) is 55.8 Å². The third-order valence-electron chi connectivity index (χ3n) is 5.12. The zero-order valence-electron chi connectivity index (χ0n) is 13.7. The van der Waals surface area contributed by atoms with E-state index in [4.69, 9.17) is 0 Å². The molecule has 122 valence electrons. The van der Waals surface area contributed by atoms with E-state index in [1.165, 1.54) is 6.42 Å². The predicted octanol–water partition coefficient (Wildman–Crippen LogP) is 2.37. The number of aromatic nitrogens is 3. The fraction of sp³-hybridized carbons (Fsp3) is 0.812. The molecular weight excluding hydrogens is 278 g/mol. The van der Waals surface area contributed by atoms with E-state index in [-0.39, 0.29) is 6.03 Å². The van der Waals surface area contributed by atoms with Crippen LogP contribution >= 0.6 is 0 Å². The molecule has 22 heavy (non-hydrogen) atoms. The summed E-state index contributed by atoms with van der Waals surface area (Å²) < 4.78 is 1.88. The van der Waals surface area contributed by atoms with Crippen LogP contribution < -0.4 is 0 Å². The van der Waals surface area contributed by atoms with Gasteiger partial charge in [0, 0.05) is 31.7 Å². The van der Waals surface area contributed by atoms with Crippen LogP contribution in [0.25, 0.3) is 0 Å². The summed E-state index contributed by atoms with van der Waals surface area (Å²) in [4.78, 5) is 21.1. The average Bonchev–Trinajstić information content (AvgIpc) is 3.00. The summed E-state index contributed by atoms with van der Waals surface area (Å²) in [6.45, 7) is 6.96. The monoisotopic (exact) mass is 305 g/mol. The maximum Gasteiger partial charge on any atom is 0.320 e. The second kappa shape index (κ2) is 6.67. The van der Waals surface area contributed by atoms with Gasteiger partial charge in [0.15, 0.2) is 0 Å². The van der Waals surface area contributed by atoms with Crippen molar-refractivity contribution in [3.63, 3.8) is 0 Å². The van der Waals surface area contributed by atoms with Gasteiger partial charge < -0.3 is 9.80 Å². The quantitative estimate of drug-likeness (QED) is 0.843. The van der Waals surface area contributed by atoms with Gasteiger partial charge in [-0.15, -0.1) is 0 Å². The molecule has 2 fully saturated rings. The van der Waals surface area contributed by atoms with Gasteiger partial charge >= 0.3 is 6.03 Å². The fourth-order valence-corrected chi connectivity index (χ4v) is 3.94. The van der Waals surface area contributed by atoms with E-state index in [2.05, 4.69) is 33.7 Å². The topological polar surface area (TPSA) is 54.3 Å². The van der Waals surface area contributed by atoms with Crippen molar-refractivity contribution in [2.24, 2.45) is 5.92 Å². The van der Waals surface area contributed by atoms with Crippen LogP contribution in [0, 0.1) is 5.92 Å². The lowest BCUT2D eigenvalue weighted by atomic mass is 9.96. The summed E-state index contributed by atoms with van der Waals surface area (Å²) in [6, 6.07) is 0.974. The van der Waals surface area contributed by atoms with E-state index in [1.54, 1.807) is 12.7 Å². The first kappa shape index (κ1) is 15.3. The number of urea groups is 1. The molecule has 3 rings (SSSR count). The minimum absolute atomic E-state index is 0.239. The maximum absolute atomic E-state index is 12.9. The third-order valence-corrected chi connectivity index (χ3v) is 5.12. The van der Waals surface area contributed by atoms with Gasteiger partial charge in [-0.05, 0) is 51.9 Å². The molecule has 2 amide bonds. The minimum atomic E-state index is 0.239. The molecule has 0 N–H and O–H groups in total. The lowest BCUT2D eigenvalue weighted by Gasteiger charge is -2.43. The van der Waals surface area contributed by atoms with Crippen molar-refractivity contribution in [1.29, 1.82) is 0 Å². The second-order valence-electron chi connectivity index (χ2n) is 6.89. The van der Waals surface area contributed by atoms with Crippen molar-refractivity contribution in [1.82, 2.24) is 24.6 Å². The van der Waals surface area contributed by atoms with Crippen LogP contribution in [0.3, 0.4) is 0 Å². The Morgan fingerprint density at radius 1 is 1.18 bits per heavy atom. The molecule has 0 aromatic carbocycles. The zero-order chi connectivity index (χ0) is 15.5. The van der Waals surface area contributed by atoms with Crippen molar-refractivity contribution < 1.29 is 4.79 Å². The molecule has 2 aliphatic heterocycles. The molecule has 2 saturated heterocycles. The van der Waals surface area contributed by atoms with E-state index in [0.717, 1.165) is 45.3 Å². The molecule has 0 saturated carbocycles. The molecular formula is C16H27N5O. The summed E-state index contributed by atoms with van der Waals surface area (Å²) in [6.07, 6.45) is 9.08. The van der Waals surface area contributed by atoms with Gasteiger partial charge in [-0.3, -0.25) is 4.68 Å². The van der Waals surface area contributed by atoms with Gasteiger partial charge in [0.25, 0.3) is 0 Å². The Hall–Kier alpha value is -1.59. The van der Waals surface area contributed by atoms with Crippen LogP contribution in [-0.2, 0) is 6.54 Å². The summed E-state index contributed by atoms with van der Waals surface area (Å²) in [7, 11) is 0. The summed E-state index contributed by atoms with van der Waals surface area (Å²) >= 11 is 0. The normalized spacial score (nSPS) is 29.6. The van der Waals surface area contributed by atoms with E-state index in [9.17, 15) is 4.79 Å². The summed E-state index contributed by atoms with van der Waals surface area (Å²) in [5, 5.41) is 4.19. The van der Waals surface area contributed by atoms with Crippen LogP contribution in [0.2, 0.25) is 0 Å². The number of piperidine rings is 2. The van der Waals surface area contributed by atoms with Crippen LogP contribution in [0.4, 0.5) is 4.79 Å². The smallest absolute Gasteiger partial charge is 0.320 e. The molecule has 0 bridgehead atoms. The molecule has 0 radical (unpaired) electrons. The SMILES string of the molecule is C[C@@H]1CCC[C@H](C)N1C(=O)N1CCC[C@H](Cn2cncn2)C1. The number of hydrogen-bond donors (Lipinski definition) is 0. The molecule has 2 aliphatic rings. The highest BCUT2D eigenvalue weighted by Gasteiger charge is 2.34. The number of carbonyl (C=O) groups excluding carboxylic acids is 1. The maximum atomic E-state index is 12.9. The summed E-state index contributed by atoms with van der Waals surface area (Å²) in [5.41, 5.74) is 0. The van der Waals surface area contributed by atoms with Crippen molar-refractivity contribution in [2.75, 3.05) is 13.1 Å². The number of carbonyl (C=O) groups is 1. The highest BCUT2D eigenvalue weighted by Crippen LogP contribution is 2.26. The molecule has 0 unspecified atom stereocenters. The van der Waals surface area contributed by atoms with E-state index in [1.807, 2.05) is 4.68 Å². The Balaban J connectivity index is 1.62. The zero-order valence-corrected chi connectivity index (χ0v) is 13.7. The van der Waals surface area contributed by atoms with E-state index >= 15 is 0 Å². The second-order valence-corrected chi connectivity index (χ2v) is 6.89. The molecule has 6 nitrogen and oxygen atoms in total. The van der Waals surface area contributed by atoms with Gasteiger partial charge in [-0.2, -0.15) is 5.10 Å². The molecule has 0 spiro atoms. The molecule has 3 atom stereocenters. The summed E-state index contributed by atoms with van der Waals surface area (Å²) in [5.74, 6) is 0.481. The first-order valence-corrected chi connectivity index (χ1v) is 8.55. The number of likely N-dealkylation sites (tertiary alicyclic amines) is 2. The van der Waals surface area contributed by atoms with Crippen molar-refractivity contribution in [2.45, 2.75) is 64.6 Å². The number of nitrogens with zero attached hydrogens (tertiary/aromatic N) is 5. The first-order valence-electron chi connectivity index (χ1n) is 8.55. The molecule has 3 heterocycles. The van der Waals surface area contributed by atoms with Crippen LogP contribution in [0.1, 0.15) is 46.0 Å². The minimum Gasteiger partial charge on any atom is -0.324 e. The number of hydrogen-bond acceptors (Lipinski definition) is 3. The highest BCUT2D eigenvalue weighted by molar-refractivity contribution is 5.75. The van der Waals surface area contributed by atoms with Crippen LogP contribution in [0.5, 0.6) is 0 Å². The number of rotatable bonds is 2. The average molecular weight is 305 g/mol. The highest BCUT2D eigenvalue weighted by atomic mass is 16.2. The van der Waals surface area contributed by atoms with Crippen molar-refractivity contribution in [3.8, 4) is 0 Å². The van der Waals surface area contributed by atoms with Gasteiger partial charge in [0.2, 0.25) is 0 Å². The van der Waals surface area contributed by atoms with E-state index < -0.39 is 0 Å². The largest absolute Gasteiger partial charge is 0.324 e. The van der Waals surface area contributed by atoms with Gasteiger partial charge in [-0.25, -0.2) is 9.78 Å². The van der Waals surface area contributed by atoms with Gasteiger partial charge in [0.1, 0.15) is 12.7 Å². The Morgan fingerprint density at radius 3 is 2.64 bits per heavy atom. The molecule has 6 heteroatoms. The predicted molar refractivity (Wildman–Crippen MR) is 84.3 cm³/mol. The van der Waals surface area contributed by atoms with Gasteiger partial charge in [0.05, 0.1) is 0 Å². The Morgan fingerprint density at radius 2 is 1.95 bits per heavy atom. The van der Waals surface area contributed by atoms with E-state index in [0.29, 0.717) is 18.0 Å². The van der Waals surface area contributed by atoms with Gasteiger partial charge in [-0.1, -0.05) is 0 Å². The Bertz CT molecular complexity index is 479. The van der Waals surface area contributed by atoms with Crippen molar-refractivity contribution in [3.05, 3.63) is 12.7 Å². The fourth-order valence-electron chi connectivity index (χ4n) is 3.94. The molecule has 1 aromatic heterocycles.